The molecule has 2 heterocycles. The Morgan fingerprint density at radius 1 is 0.977 bits per heavy atom. The Morgan fingerprint density at radius 2 is 1.63 bits per heavy atom. The van der Waals surface area contributed by atoms with Gasteiger partial charge >= 0.3 is 5.97 Å². The summed E-state index contributed by atoms with van der Waals surface area (Å²) >= 11 is 0. The molecule has 43 heavy (non-hydrogen) atoms. The molecular weight excluding hydrogens is 548 g/mol. The van der Waals surface area contributed by atoms with Crippen LogP contribution in [0.1, 0.15) is 59.5 Å². The van der Waals surface area contributed by atoms with Crippen molar-refractivity contribution in [1.82, 2.24) is 10.2 Å². The summed E-state index contributed by atoms with van der Waals surface area (Å²) in [5, 5.41) is 7.42. The average molecular weight is 585 g/mol. The fraction of sp³-hybridized carbons (Fsp3) is 0.333. The van der Waals surface area contributed by atoms with Crippen LogP contribution < -0.4 is 11.1 Å². The van der Waals surface area contributed by atoms with Crippen LogP contribution in [0, 0.1) is 0 Å². The summed E-state index contributed by atoms with van der Waals surface area (Å²) < 4.78 is 10.6. The van der Waals surface area contributed by atoms with E-state index in [1.807, 2.05) is 36.4 Å². The summed E-state index contributed by atoms with van der Waals surface area (Å²) in [6.45, 7) is 2.83. The average Bonchev–Trinajstić information content (AvgIpc) is 3.55. The lowest BCUT2D eigenvalue weighted by Gasteiger charge is -2.35. The summed E-state index contributed by atoms with van der Waals surface area (Å²) in [5.41, 5.74) is 7.93. The highest BCUT2D eigenvalue weighted by molar-refractivity contribution is 6.07. The number of piperidine rings is 1. The predicted octanol–water partition coefficient (Wildman–Crippen LogP) is 3.66. The number of ketones is 1. The van der Waals surface area contributed by atoms with Gasteiger partial charge in [0.1, 0.15) is 12.1 Å². The predicted molar refractivity (Wildman–Crippen MR) is 160 cm³/mol. The Labute approximate surface area is 250 Å². The number of nitrogens with zero attached hydrogens (tertiary/aromatic N) is 2. The fourth-order valence-corrected chi connectivity index (χ4v) is 5.29. The van der Waals surface area contributed by atoms with Gasteiger partial charge in [0.05, 0.1) is 19.1 Å². The van der Waals surface area contributed by atoms with Crippen molar-refractivity contribution in [3.8, 4) is 0 Å². The molecule has 0 bridgehead atoms. The van der Waals surface area contributed by atoms with Gasteiger partial charge < -0.3 is 30.3 Å². The normalized spacial score (nSPS) is 18.1. The van der Waals surface area contributed by atoms with Gasteiger partial charge in [-0.05, 0) is 25.3 Å². The molecule has 224 valence electrons. The highest BCUT2D eigenvalue weighted by Gasteiger charge is 2.40. The topological polar surface area (TPSA) is 133 Å². The molecule has 0 radical (unpaired) electrons. The first kappa shape index (κ1) is 29.9. The van der Waals surface area contributed by atoms with Crippen molar-refractivity contribution in [2.75, 3.05) is 26.3 Å². The minimum atomic E-state index is -1.57. The second-order valence-corrected chi connectivity index (χ2v) is 10.6. The van der Waals surface area contributed by atoms with Gasteiger partial charge in [0.25, 0.3) is 0 Å². The molecule has 3 aromatic rings. The maximum Gasteiger partial charge on any atom is 0.332 e. The number of carbonyl (C=O) groups excluding carboxylic acids is 3. The van der Waals surface area contributed by atoms with E-state index in [0.717, 1.165) is 11.1 Å². The first-order chi connectivity index (χ1) is 20.9. The van der Waals surface area contributed by atoms with Crippen molar-refractivity contribution >= 4 is 23.5 Å². The minimum absolute atomic E-state index is 0.107. The Balaban J connectivity index is 1.25. The SMILES string of the molecule is CCOC(=O)COC1CCN(C(=O)CC(N)(C(=O)c2ccc(C3=NOC(c4ccccc4)N3)cc2)c2ccccc2)CC1. The molecule has 0 saturated carbocycles. The molecular formula is C33H36N4O6. The molecule has 2 aliphatic heterocycles. The minimum Gasteiger partial charge on any atom is -0.464 e. The van der Waals surface area contributed by atoms with Crippen molar-refractivity contribution in [3.05, 3.63) is 107 Å². The highest BCUT2D eigenvalue weighted by atomic mass is 16.7. The Hall–Kier alpha value is -4.54. The quantitative estimate of drug-likeness (QED) is 0.258. The van der Waals surface area contributed by atoms with Gasteiger partial charge in [-0.15, -0.1) is 0 Å². The number of nitrogens with one attached hydrogen (secondary N) is 1. The Bertz CT molecular complexity index is 1440. The number of hydrogen-bond acceptors (Lipinski definition) is 9. The van der Waals surface area contributed by atoms with Crippen LogP contribution in [-0.2, 0) is 29.4 Å². The summed E-state index contributed by atoms with van der Waals surface area (Å²) in [4.78, 5) is 46.4. The summed E-state index contributed by atoms with van der Waals surface area (Å²) in [5.74, 6) is -0.417. The number of oxime groups is 1. The molecule has 5 rings (SSSR count). The smallest absolute Gasteiger partial charge is 0.332 e. The standard InChI is InChI=1S/C33H36N4O6/c1-2-41-29(39)22-42-27-17-19-37(20-18-27)28(38)21-33(34,26-11-7-4-8-12-26)30(40)23-13-15-24(16-14-23)31-35-32(43-36-31)25-9-5-3-6-10-25/h3-16,27,32H,2,17-22,34H2,1H3,(H,35,36). The third kappa shape index (κ3) is 7.10. The van der Waals surface area contributed by atoms with E-state index in [9.17, 15) is 14.4 Å². The largest absolute Gasteiger partial charge is 0.464 e. The first-order valence-corrected chi connectivity index (χ1v) is 14.5. The summed E-state index contributed by atoms with van der Waals surface area (Å²) in [7, 11) is 0. The molecule has 10 nitrogen and oxygen atoms in total. The zero-order chi connectivity index (χ0) is 30.2. The van der Waals surface area contributed by atoms with Crippen molar-refractivity contribution in [2.45, 2.75) is 44.1 Å². The second-order valence-electron chi connectivity index (χ2n) is 10.6. The number of ether oxygens (including phenoxy) is 2. The van der Waals surface area contributed by atoms with Gasteiger partial charge in [0.15, 0.2) is 11.6 Å². The number of esters is 1. The van der Waals surface area contributed by atoms with Crippen LogP contribution in [0.15, 0.2) is 90.1 Å². The molecule has 0 aromatic heterocycles. The zero-order valence-corrected chi connectivity index (χ0v) is 24.1. The van der Waals surface area contributed by atoms with Gasteiger partial charge in [0, 0.05) is 29.8 Å². The molecule has 3 N–H and O–H groups in total. The molecule has 2 unspecified atom stereocenters. The van der Waals surface area contributed by atoms with Crippen LogP contribution in [-0.4, -0.2) is 60.8 Å². The number of likely N-dealkylation sites (tertiary alicyclic amines) is 1. The van der Waals surface area contributed by atoms with E-state index in [-0.39, 0.29) is 30.8 Å². The van der Waals surface area contributed by atoms with Crippen molar-refractivity contribution in [3.63, 3.8) is 0 Å². The van der Waals surface area contributed by atoms with Crippen molar-refractivity contribution < 1.29 is 28.7 Å². The van der Waals surface area contributed by atoms with E-state index >= 15 is 0 Å². The van der Waals surface area contributed by atoms with Crippen molar-refractivity contribution in [1.29, 1.82) is 0 Å². The third-order valence-electron chi connectivity index (χ3n) is 7.70. The maximum absolute atomic E-state index is 14.0. The molecule has 2 atom stereocenters. The maximum atomic E-state index is 14.0. The molecule has 0 aliphatic carbocycles. The summed E-state index contributed by atoms with van der Waals surface area (Å²) in [6.07, 6.45) is 0.435. The van der Waals surface area contributed by atoms with E-state index in [2.05, 4.69) is 10.5 Å². The lowest BCUT2D eigenvalue weighted by Crippen LogP contribution is -2.50. The molecule has 10 heteroatoms. The van der Waals surface area contributed by atoms with Crippen LogP contribution in [0.3, 0.4) is 0 Å². The van der Waals surface area contributed by atoms with Gasteiger partial charge in [0.2, 0.25) is 12.1 Å². The van der Waals surface area contributed by atoms with E-state index < -0.39 is 17.7 Å². The number of Topliss-reactive ketones (excluding diaryl/α,β-unsaturated/α-hetero) is 1. The van der Waals surface area contributed by atoms with Crippen LogP contribution in [0.4, 0.5) is 0 Å². The van der Waals surface area contributed by atoms with Crippen LogP contribution in [0.25, 0.3) is 0 Å². The third-order valence-corrected chi connectivity index (χ3v) is 7.70. The zero-order valence-electron chi connectivity index (χ0n) is 24.1. The molecule has 1 amide bonds. The molecule has 2 aliphatic rings. The van der Waals surface area contributed by atoms with E-state index in [0.29, 0.717) is 49.5 Å². The molecule has 0 spiro atoms. The van der Waals surface area contributed by atoms with Gasteiger partial charge in [-0.25, -0.2) is 4.79 Å². The van der Waals surface area contributed by atoms with Crippen LogP contribution in [0.5, 0.6) is 0 Å². The number of amides is 1. The molecule has 1 saturated heterocycles. The number of carbonyl (C=O) groups is 3. The number of benzene rings is 3. The number of hydrogen-bond donors (Lipinski definition) is 2. The van der Waals surface area contributed by atoms with Crippen LogP contribution in [0.2, 0.25) is 0 Å². The van der Waals surface area contributed by atoms with Gasteiger partial charge in [-0.1, -0.05) is 90.1 Å². The second kappa shape index (κ2) is 13.6. The number of amidine groups is 1. The lowest BCUT2D eigenvalue weighted by atomic mass is 9.80. The first-order valence-electron chi connectivity index (χ1n) is 14.5. The summed E-state index contributed by atoms with van der Waals surface area (Å²) in [6, 6.07) is 25.6. The van der Waals surface area contributed by atoms with E-state index in [1.165, 1.54) is 0 Å². The monoisotopic (exact) mass is 584 g/mol. The Morgan fingerprint density at radius 3 is 2.28 bits per heavy atom. The lowest BCUT2D eigenvalue weighted by molar-refractivity contribution is -0.152. The number of nitrogens with two attached hydrogens (primary N) is 1. The van der Waals surface area contributed by atoms with E-state index in [4.69, 9.17) is 20.0 Å². The fourth-order valence-electron chi connectivity index (χ4n) is 5.29. The van der Waals surface area contributed by atoms with E-state index in [1.54, 1.807) is 60.4 Å². The molecule has 1 fully saturated rings. The Kier molecular flexibility index (Phi) is 9.48. The van der Waals surface area contributed by atoms with Crippen LogP contribution >= 0.6 is 0 Å². The van der Waals surface area contributed by atoms with Gasteiger partial charge in [-0.2, -0.15) is 0 Å². The highest BCUT2D eigenvalue weighted by Crippen LogP contribution is 2.29. The molecule has 3 aromatic carbocycles. The van der Waals surface area contributed by atoms with Crippen molar-refractivity contribution in [2.24, 2.45) is 10.9 Å². The number of rotatable bonds is 11. The van der Waals surface area contributed by atoms with Gasteiger partial charge in [-0.3, -0.25) is 9.59 Å².